The van der Waals surface area contributed by atoms with Crippen LogP contribution in [0, 0.1) is 0 Å². The lowest BCUT2D eigenvalue weighted by molar-refractivity contribution is -0.137. The van der Waals surface area contributed by atoms with Gasteiger partial charge in [0, 0.05) is 31.9 Å². The van der Waals surface area contributed by atoms with Crippen LogP contribution in [0.25, 0.3) is 0 Å². The van der Waals surface area contributed by atoms with E-state index in [4.69, 9.17) is 0 Å². The second-order valence-electron chi connectivity index (χ2n) is 8.21. The van der Waals surface area contributed by atoms with Gasteiger partial charge in [0.05, 0.1) is 10.5 Å². The maximum atomic E-state index is 12.9. The molecule has 2 aromatic carbocycles. The molecule has 1 saturated heterocycles. The highest BCUT2D eigenvalue weighted by Crippen LogP contribution is 2.32. The van der Waals surface area contributed by atoms with E-state index in [1.807, 2.05) is 12.1 Å². The predicted molar refractivity (Wildman–Crippen MR) is 108 cm³/mol. The van der Waals surface area contributed by atoms with Crippen molar-refractivity contribution in [2.75, 3.05) is 31.1 Å². The van der Waals surface area contributed by atoms with E-state index in [-0.39, 0.29) is 23.4 Å². The molecule has 158 valence electrons. The number of piperazine rings is 1. The number of hydrogen-bond donors (Lipinski definition) is 0. The Bertz CT molecular complexity index is 957. The Morgan fingerprint density at radius 1 is 0.828 bits per heavy atom. The molecule has 0 unspecified atom stereocenters. The van der Waals surface area contributed by atoms with E-state index in [0.717, 1.165) is 17.7 Å². The predicted octanol–water partition coefficient (Wildman–Crippen LogP) is 4.51. The highest BCUT2D eigenvalue weighted by Gasteiger charge is 2.32. The van der Waals surface area contributed by atoms with E-state index in [0.29, 0.717) is 18.8 Å². The number of sulfonamides is 1. The van der Waals surface area contributed by atoms with E-state index >= 15 is 0 Å². The molecule has 0 radical (unpaired) electrons. The summed E-state index contributed by atoms with van der Waals surface area (Å²) in [6.07, 6.45) is -4.40. The van der Waals surface area contributed by atoms with Crippen LogP contribution in [-0.2, 0) is 21.6 Å². The average molecular weight is 427 g/mol. The van der Waals surface area contributed by atoms with E-state index < -0.39 is 21.8 Å². The topological polar surface area (TPSA) is 40.6 Å². The minimum atomic E-state index is -4.40. The zero-order valence-electron chi connectivity index (χ0n) is 16.7. The molecule has 1 heterocycles. The van der Waals surface area contributed by atoms with Crippen molar-refractivity contribution in [3.63, 3.8) is 0 Å². The third-order valence-electron chi connectivity index (χ3n) is 5.14. The van der Waals surface area contributed by atoms with E-state index in [2.05, 4.69) is 20.8 Å². The van der Waals surface area contributed by atoms with Gasteiger partial charge in [0.25, 0.3) is 0 Å². The number of nitrogens with zero attached hydrogens (tertiary/aromatic N) is 2. The Hall–Kier alpha value is -2.06. The van der Waals surface area contributed by atoms with Gasteiger partial charge in [0.15, 0.2) is 0 Å². The van der Waals surface area contributed by atoms with Crippen molar-refractivity contribution in [3.05, 3.63) is 59.7 Å². The molecule has 0 amide bonds. The lowest BCUT2D eigenvalue weighted by Gasteiger charge is -2.35. The van der Waals surface area contributed by atoms with Crippen LogP contribution < -0.4 is 4.90 Å². The minimum Gasteiger partial charge on any atom is -0.369 e. The van der Waals surface area contributed by atoms with Crippen LogP contribution in [0.3, 0.4) is 0 Å². The first-order valence-corrected chi connectivity index (χ1v) is 10.9. The quantitative estimate of drug-likeness (QED) is 0.725. The molecule has 0 aliphatic carbocycles. The molecule has 0 saturated carbocycles. The van der Waals surface area contributed by atoms with E-state index in [1.165, 1.54) is 10.4 Å². The number of rotatable bonds is 3. The number of alkyl halides is 3. The van der Waals surface area contributed by atoms with Crippen molar-refractivity contribution < 1.29 is 21.6 Å². The molecule has 1 fully saturated rings. The Balaban J connectivity index is 1.72. The third-order valence-corrected chi connectivity index (χ3v) is 7.05. The van der Waals surface area contributed by atoms with Crippen LogP contribution in [0.1, 0.15) is 31.9 Å². The van der Waals surface area contributed by atoms with Crippen molar-refractivity contribution in [2.24, 2.45) is 0 Å². The first kappa shape index (κ1) is 21.6. The van der Waals surface area contributed by atoms with Crippen molar-refractivity contribution in [1.82, 2.24) is 4.31 Å². The van der Waals surface area contributed by atoms with Crippen LogP contribution in [0.2, 0.25) is 0 Å². The summed E-state index contributed by atoms with van der Waals surface area (Å²) in [6.45, 7) is 7.29. The molecule has 0 atom stereocenters. The zero-order valence-corrected chi connectivity index (χ0v) is 17.5. The number of halogens is 3. The lowest BCUT2D eigenvalue weighted by atomic mass is 9.87. The fourth-order valence-corrected chi connectivity index (χ4v) is 4.76. The normalized spacial score (nSPS) is 16.8. The molecule has 0 aromatic heterocycles. The van der Waals surface area contributed by atoms with Gasteiger partial charge in [-0.2, -0.15) is 17.5 Å². The molecule has 1 aliphatic rings. The lowest BCUT2D eigenvalue weighted by Crippen LogP contribution is -2.48. The molecule has 2 aromatic rings. The summed E-state index contributed by atoms with van der Waals surface area (Å²) in [5.74, 6) is 0. The van der Waals surface area contributed by atoms with Crippen LogP contribution in [0.4, 0.5) is 18.9 Å². The Morgan fingerprint density at radius 2 is 1.41 bits per heavy atom. The molecule has 29 heavy (non-hydrogen) atoms. The van der Waals surface area contributed by atoms with Gasteiger partial charge >= 0.3 is 6.18 Å². The molecule has 0 spiro atoms. The maximum Gasteiger partial charge on any atom is 0.416 e. The second-order valence-corrected chi connectivity index (χ2v) is 10.2. The van der Waals surface area contributed by atoms with Crippen LogP contribution >= 0.6 is 0 Å². The minimum absolute atomic E-state index is 0.0706. The van der Waals surface area contributed by atoms with Gasteiger partial charge in [-0.05, 0) is 41.3 Å². The Labute approximate surface area is 170 Å². The highest BCUT2D eigenvalue weighted by molar-refractivity contribution is 7.89. The maximum absolute atomic E-state index is 12.9. The number of anilines is 1. The van der Waals surface area contributed by atoms with Crippen LogP contribution in [0.15, 0.2) is 53.4 Å². The summed E-state index contributed by atoms with van der Waals surface area (Å²) in [7, 11) is -3.63. The zero-order chi connectivity index (χ0) is 21.4. The van der Waals surface area contributed by atoms with Gasteiger partial charge in [0.2, 0.25) is 10.0 Å². The molecule has 8 heteroatoms. The fourth-order valence-electron chi connectivity index (χ4n) is 3.34. The third kappa shape index (κ3) is 4.75. The second kappa shape index (κ2) is 7.65. The molecule has 4 nitrogen and oxygen atoms in total. The van der Waals surface area contributed by atoms with Gasteiger partial charge in [-0.25, -0.2) is 8.42 Å². The largest absolute Gasteiger partial charge is 0.416 e. The van der Waals surface area contributed by atoms with E-state index in [1.54, 1.807) is 23.1 Å². The van der Waals surface area contributed by atoms with Crippen molar-refractivity contribution in [1.29, 1.82) is 0 Å². The fraction of sp³-hybridized carbons (Fsp3) is 0.429. The molecule has 3 rings (SSSR count). The van der Waals surface area contributed by atoms with Crippen LogP contribution in [0.5, 0.6) is 0 Å². The van der Waals surface area contributed by atoms with Crippen LogP contribution in [-0.4, -0.2) is 38.9 Å². The first-order valence-electron chi connectivity index (χ1n) is 9.42. The van der Waals surface area contributed by atoms with Crippen molar-refractivity contribution >= 4 is 15.7 Å². The van der Waals surface area contributed by atoms with Crippen molar-refractivity contribution in [2.45, 2.75) is 37.3 Å². The summed E-state index contributed by atoms with van der Waals surface area (Å²) in [5.41, 5.74) is 0.722. The summed E-state index contributed by atoms with van der Waals surface area (Å²) in [4.78, 5) is 2.02. The van der Waals surface area contributed by atoms with Gasteiger partial charge < -0.3 is 4.90 Å². The molecule has 0 bridgehead atoms. The first-order chi connectivity index (χ1) is 13.4. The number of hydrogen-bond acceptors (Lipinski definition) is 3. The Kier molecular flexibility index (Phi) is 5.71. The van der Waals surface area contributed by atoms with Gasteiger partial charge in [-0.1, -0.05) is 39.0 Å². The molecular formula is C21H25F3N2O2S. The summed E-state index contributed by atoms with van der Waals surface area (Å²) < 4.78 is 66.1. The molecule has 0 N–H and O–H groups in total. The summed E-state index contributed by atoms with van der Waals surface area (Å²) in [5, 5.41) is 0. The smallest absolute Gasteiger partial charge is 0.369 e. The van der Waals surface area contributed by atoms with Gasteiger partial charge in [-0.3, -0.25) is 0 Å². The van der Waals surface area contributed by atoms with Gasteiger partial charge in [0.1, 0.15) is 0 Å². The van der Waals surface area contributed by atoms with E-state index in [9.17, 15) is 21.6 Å². The SMILES string of the molecule is CC(C)(C)c1ccc(S(=O)(=O)N2CCN(c3cccc(C(F)(F)F)c3)CC2)cc1. The Morgan fingerprint density at radius 3 is 1.93 bits per heavy atom. The summed E-state index contributed by atoms with van der Waals surface area (Å²) in [6, 6.07) is 12.0. The standard InChI is InChI=1S/C21H25F3N2O2S/c1-20(2,3)16-7-9-19(10-8-16)29(27,28)26-13-11-25(12-14-26)18-6-4-5-17(15-18)21(22,23)24/h4-10,15H,11-14H2,1-3H3. The van der Waals surface area contributed by atoms with Gasteiger partial charge in [-0.15, -0.1) is 0 Å². The average Bonchev–Trinajstić information content (AvgIpc) is 2.67. The molecular weight excluding hydrogens is 401 g/mol. The highest BCUT2D eigenvalue weighted by atomic mass is 32.2. The molecule has 1 aliphatic heterocycles. The monoisotopic (exact) mass is 426 g/mol. The number of benzene rings is 2. The summed E-state index contributed by atoms with van der Waals surface area (Å²) >= 11 is 0. The van der Waals surface area contributed by atoms with Crippen molar-refractivity contribution in [3.8, 4) is 0 Å².